The summed E-state index contributed by atoms with van der Waals surface area (Å²) in [6, 6.07) is 26.8. The number of hydrogen-bond acceptors (Lipinski definition) is 3. The van der Waals surface area contributed by atoms with E-state index in [0.29, 0.717) is 23.8 Å². The van der Waals surface area contributed by atoms with E-state index in [1.54, 1.807) is 35.2 Å². The highest BCUT2D eigenvalue weighted by molar-refractivity contribution is 7.93. The van der Waals surface area contributed by atoms with Crippen molar-refractivity contribution in [3.63, 3.8) is 0 Å². The lowest BCUT2D eigenvalue weighted by molar-refractivity contribution is 0.0772. The zero-order valence-electron chi connectivity index (χ0n) is 22.8. The number of carbonyl (C=O) groups excluding carboxylic acids is 1. The highest BCUT2D eigenvalue weighted by Gasteiger charge is 2.29. The summed E-state index contributed by atoms with van der Waals surface area (Å²) >= 11 is 12.6. The molecule has 0 radical (unpaired) electrons. The second-order valence-electron chi connectivity index (χ2n) is 10.2. The van der Waals surface area contributed by atoms with Gasteiger partial charge in [-0.25, -0.2) is 8.42 Å². The van der Waals surface area contributed by atoms with Crippen LogP contribution in [0, 0.1) is 13.8 Å². The highest BCUT2D eigenvalue weighted by Crippen LogP contribution is 2.32. The Balaban J connectivity index is 1.44. The predicted octanol–water partition coefficient (Wildman–Crippen LogP) is 7.94. The van der Waals surface area contributed by atoms with Gasteiger partial charge in [0.05, 0.1) is 17.3 Å². The molecule has 0 saturated heterocycles. The maximum Gasteiger partial charge on any atom is 0.266 e. The van der Waals surface area contributed by atoms with Crippen molar-refractivity contribution < 1.29 is 13.2 Å². The van der Waals surface area contributed by atoms with E-state index >= 15 is 0 Å². The number of halogens is 2. The summed E-state index contributed by atoms with van der Waals surface area (Å²) < 4.78 is 29.5. The molecule has 5 rings (SSSR count). The van der Waals surface area contributed by atoms with Crippen molar-refractivity contribution in [3.8, 4) is 0 Å². The van der Waals surface area contributed by atoms with Gasteiger partial charge in [-0.3, -0.25) is 9.10 Å². The molecule has 0 atom stereocenters. The van der Waals surface area contributed by atoms with E-state index < -0.39 is 10.0 Å². The lowest BCUT2D eigenvalue weighted by atomic mass is 9.96. The summed E-state index contributed by atoms with van der Waals surface area (Å²) in [5.41, 5.74) is 6.30. The summed E-state index contributed by atoms with van der Waals surface area (Å²) in [6.45, 7) is 5.22. The number of nitrogens with zero attached hydrogens (tertiary/aromatic N) is 2. The summed E-state index contributed by atoms with van der Waals surface area (Å²) in [6.07, 6.45) is 2.79. The van der Waals surface area contributed by atoms with E-state index in [-0.39, 0.29) is 27.9 Å². The molecule has 1 aliphatic rings. The Hall–Kier alpha value is -3.58. The van der Waals surface area contributed by atoms with Crippen LogP contribution in [0.15, 0.2) is 102 Å². The third kappa shape index (κ3) is 6.51. The number of benzene rings is 4. The van der Waals surface area contributed by atoms with E-state index in [4.69, 9.17) is 23.2 Å². The Morgan fingerprint density at radius 3 is 2.20 bits per heavy atom. The van der Waals surface area contributed by atoms with Gasteiger partial charge in [0.25, 0.3) is 15.9 Å². The molecule has 0 bridgehead atoms. The molecule has 41 heavy (non-hydrogen) atoms. The van der Waals surface area contributed by atoms with Crippen LogP contribution in [0.25, 0.3) is 5.57 Å². The van der Waals surface area contributed by atoms with Gasteiger partial charge in [-0.1, -0.05) is 88.9 Å². The second-order valence-corrected chi connectivity index (χ2v) is 12.9. The molecule has 0 spiro atoms. The van der Waals surface area contributed by atoms with Crippen LogP contribution in [0.3, 0.4) is 0 Å². The number of amides is 1. The first kappa shape index (κ1) is 28.9. The molecule has 210 valence electrons. The molecular weight excluding hydrogens is 575 g/mol. The number of sulfonamides is 1. The minimum absolute atomic E-state index is 0.0456. The van der Waals surface area contributed by atoms with Crippen LogP contribution >= 0.6 is 23.2 Å². The number of hydrogen-bond donors (Lipinski definition) is 0. The van der Waals surface area contributed by atoms with Gasteiger partial charge in [0.2, 0.25) is 0 Å². The Morgan fingerprint density at radius 1 is 0.878 bits per heavy atom. The molecule has 4 aromatic rings. The van der Waals surface area contributed by atoms with Crippen LogP contribution in [0.1, 0.15) is 39.0 Å². The minimum atomic E-state index is -4.16. The summed E-state index contributed by atoms with van der Waals surface area (Å²) in [4.78, 5) is 15.1. The van der Waals surface area contributed by atoms with Crippen molar-refractivity contribution >= 4 is 50.4 Å². The molecule has 5 nitrogen and oxygen atoms in total. The topological polar surface area (TPSA) is 57.7 Å². The number of anilines is 1. The maximum absolute atomic E-state index is 14.1. The first-order valence-corrected chi connectivity index (χ1v) is 15.5. The molecule has 8 heteroatoms. The SMILES string of the molecule is Cc1cc(C)cc(C2=CCN(C(=O)c3ccc(Cl)c(S(=O)(=O)N(Cc4ccccc4)c4ccc(Cl)cc4)c3)CC2)c1. The van der Waals surface area contributed by atoms with Crippen LogP contribution in [0.5, 0.6) is 0 Å². The first-order valence-electron chi connectivity index (χ1n) is 13.3. The van der Waals surface area contributed by atoms with Crippen molar-refractivity contribution in [2.75, 3.05) is 17.4 Å². The van der Waals surface area contributed by atoms with Crippen LogP contribution in [0.4, 0.5) is 5.69 Å². The van der Waals surface area contributed by atoms with Crippen LogP contribution in [-0.4, -0.2) is 32.3 Å². The third-order valence-electron chi connectivity index (χ3n) is 7.12. The fourth-order valence-electron chi connectivity index (χ4n) is 5.08. The molecule has 0 saturated carbocycles. The van der Waals surface area contributed by atoms with E-state index in [1.807, 2.05) is 30.3 Å². The monoisotopic (exact) mass is 604 g/mol. The average molecular weight is 606 g/mol. The Kier molecular flexibility index (Phi) is 8.55. The third-order valence-corrected chi connectivity index (χ3v) is 9.63. The average Bonchev–Trinajstić information content (AvgIpc) is 2.96. The lowest BCUT2D eigenvalue weighted by Gasteiger charge is -2.28. The second kappa shape index (κ2) is 12.1. The predicted molar refractivity (Wildman–Crippen MR) is 167 cm³/mol. The molecule has 0 fully saturated rings. The number of aryl methyl sites for hydroxylation is 2. The van der Waals surface area contributed by atoms with Gasteiger partial charge >= 0.3 is 0 Å². The molecule has 4 aromatic carbocycles. The Morgan fingerprint density at radius 2 is 1.56 bits per heavy atom. The summed E-state index contributed by atoms with van der Waals surface area (Å²) in [5.74, 6) is -0.241. The molecule has 1 amide bonds. The van der Waals surface area contributed by atoms with Crippen LogP contribution in [-0.2, 0) is 16.6 Å². The van der Waals surface area contributed by atoms with Crippen molar-refractivity contribution in [2.24, 2.45) is 0 Å². The molecular formula is C33H30Cl2N2O3S. The van der Waals surface area contributed by atoms with Gasteiger partial charge in [0, 0.05) is 23.7 Å². The highest BCUT2D eigenvalue weighted by atomic mass is 35.5. The summed E-state index contributed by atoms with van der Waals surface area (Å²) in [5, 5.41) is 0.539. The Bertz CT molecular complexity index is 1700. The van der Waals surface area contributed by atoms with Gasteiger partial charge in [0.1, 0.15) is 4.90 Å². The van der Waals surface area contributed by atoms with Crippen molar-refractivity contribution in [3.05, 3.63) is 135 Å². The minimum Gasteiger partial charge on any atom is -0.335 e. The number of carbonyl (C=O) groups is 1. The molecule has 0 N–H and O–H groups in total. The van der Waals surface area contributed by atoms with Gasteiger partial charge < -0.3 is 4.90 Å². The van der Waals surface area contributed by atoms with Crippen LogP contribution in [0.2, 0.25) is 10.0 Å². The number of rotatable bonds is 7. The van der Waals surface area contributed by atoms with Crippen molar-refractivity contribution in [2.45, 2.75) is 31.7 Å². The normalized spacial score (nSPS) is 13.6. The van der Waals surface area contributed by atoms with E-state index in [2.05, 4.69) is 38.1 Å². The van der Waals surface area contributed by atoms with Gasteiger partial charge in [-0.2, -0.15) is 0 Å². The van der Waals surface area contributed by atoms with Crippen molar-refractivity contribution in [1.82, 2.24) is 4.90 Å². The zero-order chi connectivity index (χ0) is 29.1. The first-order chi connectivity index (χ1) is 19.6. The smallest absolute Gasteiger partial charge is 0.266 e. The van der Waals surface area contributed by atoms with Gasteiger partial charge in [0.15, 0.2) is 0 Å². The van der Waals surface area contributed by atoms with E-state index in [9.17, 15) is 13.2 Å². The fraction of sp³-hybridized carbons (Fsp3) is 0.182. The van der Waals surface area contributed by atoms with Gasteiger partial charge in [-0.05, 0) is 79.4 Å². The van der Waals surface area contributed by atoms with E-state index in [1.165, 1.54) is 38.7 Å². The standard InChI is InChI=1S/C33H30Cl2N2O3S/c1-23-18-24(2)20-28(19-23)26-14-16-36(17-15-26)33(38)27-8-13-31(35)32(21-27)41(39,40)37(22-25-6-4-3-5-7-25)30-11-9-29(34)10-12-30/h3-14,18-21H,15-17,22H2,1-2H3. The zero-order valence-corrected chi connectivity index (χ0v) is 25.2. The largest absolute Gasteiger partial charge is 0.335 e. The molecule has 0 unspecified atom stereocenters. The van der Waals surface area contributed by atoms with E-state index in [0.717, 1.165) is 12.0 Å². The quantitative estimate of drug-likeness (QED) is 0.215. The van der Waals surface area contributed by atoms with Crippen LogP contribution < -0.4 is 4.31 Å². The lowest BCUT2D eigenvalue weighted by Crippen LogP contribution is -2.35. The Labute approximate surface area is 251 Å². The maximum atomic E-state index is 14.1. The molecule has 1 heterocycles. The summed E-state index contributed by atoms with van der Waals surface area (Å²) in [7, 11) is -4.16. The molecule has 0 aromatic heterocycles. The molecule has 1 aliphatic heterocycles. The molecule has 0 aliphatic carbocycles. The van der Waals surface area contributed by atoms with Gasteiger partial charge in [-0.15, -0.1) is 0 Å². The van der Waals surface area contributed by atoms with Crippen molar-refractivity contribution in [1.29, 1.82) is 0 Å². The fourth-order valence-corrected chi connectivity index (χ4v) is 7.16.